The maximum Gasteiger partial charge on any atom is 0.259 e. The zero-order chi connectivity index (χ0) is 20.6. The lowest BCUT2D eigenvalue weighted by molar-refractivity contribution is -0.139. The number of rotatable bonds is 2. The van der Waals surface area contributed by atoms with Crippen molar-refractivity contribution in [3.63, 3.8) is 0 Å². The molecule has 4 rings (SSSR count). The number of hydrogen-bond acceptors (Lipinski definition) is 4. The molecule has 1 aromatic rings. The van der Waals surface area contributed by atoms with Crippen LogP contribution in [0.2, 0.25) is 0 Å². The van der Waals surface area contributed by atoms with E-state index >= 15 is 0 Å². The highest BCUT2D eigenvalue weighted by Gasteiger charge is 2.55. The van der Waals surface area contributed by atoms with Crippen LogP contribution < -0.4 is 0 Å². The van der Waals surface area contributed by atoms with Crippen LogP contribution in [-0.4, -0.2) is 78.1 Å². The quantitative estimate of drug-likeness (QED) is 0.761. The molecule has 1 aliphatic carbocycles. The van der Waals surface area contributed by atoms with Gasteiger partial charge in [-0.2, -0.15) is 0 Å². The Hall–Kier alpha value is -1.99. The minimum Gasteiger partial charge on any atom is -0.353 e. The zero-order valence-electron chi connectivity index (χ0n) is 17.3. The Bertz CT molecular complexity index is 780. The van der Waals surface area contributed by atoms with Gasteiger partial charge in [-0.1, -0.05) is 25.5 Å². The second-order valence-electron chi connectivity index (χ2n) is 8.76. The van der Waals surface area contributed by atoms with Crippen LogP contribution in [0.1, 0.15) is 43.0 Å². The van der Waals surface area contributed by atoms with Gasteiger partial charge in [-0.25, -0.2) is 4.39 Å². The Kier molecular flexibility index (Phi) is 5.62. The molecule has 29 heavy (non-hydrogen) atoms. The molecule has 2 heterocycles. The number of carbonyl (C=O) groups excluding carboxylic acids is 2. The number of nitrogens with zero attached hydrogens (tertiary/aromatic N) is 3. The molecule has 0 N–H and O–H groups in total. The van der Waals surface area contributed by atoms with Crippen LogP contribution >= 0.6 is 0 Å². The number of carbonyl (C=O) groups is 2. The molecular formula is C22H30FN3O3. The SMILES string of the molecule is C[C@@H]1CCC[C@@]2(C1)OC[C@H](C(=O)N1CCN(C)CC1)N2C(=O)c1ccccc1F. The lowest BCUT2D eigenvalue weighted by atomic mass is 9.83. The summed E-state index contributed by atoms with van der Waals surface area (Å²) in [4.78, 5) is 32.5. The molecule has 0 bridgehead atoms. The van der Waals surface area contributed by atoms with E-state index in [0.717, 1.165) is 25.9 Å². The third-order valence-corrected chi connectivity index (χ3v) is 6.62. The summed E-state index contributed by atoms with van der Waals surface area (Å²) in [6, 6.07) is 5.31. The van der Waals surface area contributed by atoms with Gasteiger partial charge in [0.25, 0.3) is 5.91 Å². The molecule has 3 aliphatic rings. The smallest absolute Gasteiger partial charge is 0.259 e. The predicted octanol–water partition coefficient (Wildman–Crippen LogP) is 2.35. The van der Waals surface area contributed by atoms with Crippen LogP contribution in [-0.2, 0) is 9.53 Å². The van der Waals surface area contributed by atoms with E-state index in [9.17, 15) is 14.0 Å². The van der Waals surface area contributed by atoms with E-state index in [1.54, 1.807) is 17.0 Å². The molecule has 1 saturated carbocycles. The second-order valence-corrected chi connectivity index (χ2v) is 8.76. The molecule has 6 nitrogen and oxygen atoms in total. The molecule has 0 unspecified atom stereocenters. The van der Waals surface area contributed by atoms with Gasteiger partial charge in [-0.3, -0.25) is 14.5 Å². The molecule has 0 aromatic heterocycles. The van der Waals surface area contributed by atoms with Gasteiger partial charge in [0.2, 0.25) is 5.91 Å². The van der Waals surface area contributed by atoms with Gasteiger partial charge in [0.05, 0.1) is 12.2 Å². The summed E-state index contributed by atoms with van der Waals surface area (Å²) < 4.78 is 20.7. The molecule has 0 radical (unpaired) electrons. The highest BCUT2D eigenvalue weighted by molar-refractivity contribution is 5.98. The number of amides is 2. The highest BCUT2D eigenvalue weighted by atomic mass is 19.1. The first-order valence-electron chi connectivity index (χ1n) is 10.6. The van der Waals surface area contributed by atoms with Gasteiger partial charge in [0, 0.05) is 26.2 Å². The van der Waals surface area contributed by atoms with Crippen molar-refractivity contribution in [2.45, 2.75) is 44.4 Å². The van der Waals surface area contributed by atoms with Crippen molar-refractivity contribution in [2.75, 3.05) is 39.8 Å². The van der Waals surface area contributed by atoms with Gasteiger partial charge in [-0.15, -0.1) is 0 Å². The van der Waals surface area contributed by atoms with Gasteiger partial charge in [-0.05, 0) is 44.4 Å². The predicted molar refractivity (Wildman–Crippen MR) is 107 cm³/mol. The molecule has 2 amide bonds. The van der Waals surface area contributed by atoms with Crippen molar-refractivity contribution in [1.29, 1.82) is 0 Å². The van der Waals surface area contributed by atoms with E-state index in [4.69, 9.17) is 4.74 Å². The molecule has 2 saturated heterocycles. The average Bonchev–Trinajstić information content (AvgIpc) is 3.05. The van der Waals surface area contributed by atoms with E-state index in [1.807, 2.05) is 11.9 Å². The average molecular weight is 403 g/mol. The van der Waals surface area contributed by atoms with E-state index < -0.39 is 23.5 Å². The first kappa shape index (κ1) is 20.3. The van der Waals surface area contributed by atoms with Crippen molar-refractivity contribution in [1.82, 2.24) is 14.7 Å². The van der Waals surface area contributed by atoms with Gasteiger partial charge in [0.1, 0.15) is 17.6 Å². The first-order valence-corrected chi connectivity index (χ1v) is 10.6. The summed E-state index contributed by atoms with van der Waals surface area (Å²) in [7, 11) is 2.03. The number of hydrogen-bond donors (Lipinski definition) is 0. The number of likely N-dealkylation sites (N-methyl/N-ethyl adjacent to an activating group) is 1. The maximum absolute atomic E-state index is 14.5. The van der Waals surface area contributed by atoms with Crippen LogP contribution in [0.4, 0.5) is 4.39 Å². The minimum absolute atomic E-state index is 0.00628. The molecule has 2 aliphatic heterocycles. The molecule has 1 spiro atoms. The Labute approximate surface area is 171 Å². The highest BCUT2D eigenvalue weighted by Crippen LogP contribution is 2.43. The van der Waals surface area contributed by atoms with E-state index in [2.05, 4.69) is 11.8 Å². The third kappa shape index (κ3) is 3.78. The minimum atomic E-state index is -0.816. The standard InChI is InChI=1S/C22H30FN3O3/c1-16-6-5-9-22(14-16)26(20(27)17-7-3-4-8-18(17)23)19(15-29-22)21(28)25-12-10-24(2)11-13-25/h3-4,7-8,16,19H,5-6,9-15H2,1-2H3/t16-,19-,22+/m1/s1. The topological polar surface area (TPSA) is 53.1 Å². The zero-order valence-corrected chi connectivity index (χ0v) is 17.3. The van der Waals surface area contributed by atoms with Gasteiger partial charge in [0.15, 0.2) is 0 Å². The van der Waals surface area contributed by atoms with Crippen LogP contribution in [0.5, 0.6) is 0 Å². The number of piperazine rings is 1. The van der Waals surface area contributed by atoms with Crippen molar-refractivity contribution in [3.8, 4) is 0 Å². The molecule has 1 aromatic carbocycles. The van der Waals surface area contributed by atoms with E-state index in [1.165, 1.54) is 12.1 Å². The summed E-state index contributed by atoms with van der Waals surface area (Å²) in [5.41, 5.74) is -0.809. The fourth-order valence-corrected chi connectivity index (χ4v) is 5.00. The van der Waals surface area contributed by atoms with Crippen LogP contribution in [0.3, 0.4) is 0 Å². The molecular weight excluding hydrogens is 373 g/mol. The second kappa shape index (κ2) is 8.03. The molecule has 3 atom stereocenters. The van der Waals surface area contributed by atoms with Crippen LogP contribution in [0.25, 0.3) is 0 Å². The number of ether oxygens (including phenoxy) is 1. The fraction of sp³-hybridized carbons (Fsp3) is 0.636. The largest absolute Gasteiger partial charge is 0.353 e. The Morgan fingerprint density at radius 2 is 1.90 bits per heavy atom. The lowest BCUT2D eigenvalue weighted by Gasteiger charge is -2.44. The Balaban J connectivity index is 1.66. The normalized spacial score (nSPS) is 30.7. The fourth-order valence-electron chi connectivity index (χ4n) is 5.00. The Morgan fingerprint density at radius 1 is 1.17 bits per heavy atom. The maximum atomic E-state index is 14.5. The van der Waals surface area contributed by atoms with E-state index in [0.29, 0.717) is 31.8 Å². The van der Waals surface area contributed by atoms with Crippen LogP contribution in [0.15, 0.2) is 24.3 Å². The monoisotopic (exact) mass is 403 g/mol. The van der Waals surface area contributed by atoms with Crippen molar-refractivity contribution in [3.05, 3.63) is 35.6 Å². The summed E-state index contributed by atoms with van der Waals surface area (Å²) >= 11 is 0. The van der Waals surface area contributed by atoms with Crippen LogP contribution in [0, 0.1) is 11.7 Å². The van der Waals surface area contributed by atoms with Crippen molar-refractivity contribution >= 4 is 11.8 Å². The summed E-state index contributed by atoms with van der Waals surface area (Å²) in [5.74, 6) is -0.702. The third-order valence-electron chi connectivity index (χ3n) is 6.62. The molecule has 7 heteroatoms. The number of benzene rings is 1. The van der Waals surface area contributed by atoms with E-state index in [-0.39, 0.29) is 18.1 Å². The van der Waals surface area contributed by atoms with Crippen molar-refractivity contribution < 1.29 is 18.7 Å². The van der Waals surface area contributed by atoms with Gasteiger partial charge < -0.3 is 14.5 Å². The molecule has 158 valence electrons. The van der Waals surface area contributed by atoms with Crippen molar-refractivity contribution in [2.24, 2.45) is 5.92 Å². The lowest BCUT2D eigenvalue weighted by Crippen LogP contribution is -2.59. The first-order chi connectivity index (χ1) is 13.9. The van der Waals surface area contributed by atoms with Gasteiger partial charge >= 0.3 is 0 Å². The Morgan fingerprint density at radius 3 is 2.59 bits per heavy atom. The summed E-state index contributed by atoms with van der Waals surface area (Å²) in [6.07, 6.45) is 3.37. The summed E-state index contributed by atoms with van der Waals surface area (Å²) in [5, 5.41) is 0. The number of halogens is 1. The summed E-state index contributed by atoms with van der Waals surface area (Å²) in [6.45, 7) is 5.21. The molecule has 3 fully saturated rings.